The van der Waals surface area contributed by atoms with Crippen molar-refractivity contribution in [1.82, 2.24) is 10.2 Å². The molecule has 1 amide bonds. The zero-order chi connectivity index (χ0) is 11.0. The van der Waals surface area contributed by atoms with Gasteiger partial charge in [-0.05, 0) is 0 Å². The molecule has 84 valence electrons. The van der Waals surface area contributed by atoms with Gasteiger partial charge in [0.1, 0.15) is 0 Å². The van der Waals surface area contributed by atoms with Crippen LogP contribution in [0.4, 0.5) is 8.78 Å². The molecule has 0 aliphatic rings. The van der Waals surface area contributed by atoms with E-state index in [0.717, 1.165) is 0 Å². The second-order valence-corrected chi connectivity index (χ2v) is 2.90. The lowest BCUT2D eigenvalue weighted by Gasteiger charge is -2.20. The van der Waals surface area contributed by atoms with Gasteiger partial charge in [0.15, 0.2) is 0 Å². The molecule has 0 aromatic carbocycles. The molecule has 0 aromatic rings. The van der Waals surface area contributed by atoms with Gasteiger partial charge < -0.3 is 11.1 Å². The van der Waals surface area contributed by atoms with Gasteiger partial charge in [0, 0.05) is 33.1 Å². The predicted octanol–water partition coefficient (Wildman–Crippen LogP) is -0.352. The molecule has 4 nitrogen and oxygen atoms in total. The monoisotopic (exact) mass is 209 g/mol. The van der Waals surface area contributed by atoms with Crippen LogP contribution in [0.1, 0.15) is 6.42 Å². The molecule has 0 spiro atoms. The summed E-state index contributed by atoms with van der Waals surface area (Å²) in [7, 11) is 1.52. The Balaban J connectivity index is 3.77. The summed E-state index contributed by atoms with van der Waals surface area (Å²) < 4.78 is 24.1. The Kier molecular flexibility index (Phi) is 7.23. The van der Waals surface area contributed by atoms with Crippen molar-refractivity contribution in [3.63, 3.8) is 0 Å². The van der Waals surface area contributed by atoms with E-state index in [1.807, 2.05) is 0 Å². The van der Waals surface area contributed by atoms with Gasteiger partial charge >= 0.3 is 0 Å². The average Bonchev–Trinajstić information content (AvgIpc) is 2.13. The number of hydrogen-bond acceptors (Lipinski definition) is 3. The maximum absolute atomic E-state index is 12.0. The number of amides is 1. The van der Waals surface area contributed by atoms with E-state index < -0.39 is 6.43 Å². The SMILES string of the molecule is CNC(=O)CCN(CCN)CC(F)F. The molecular formula is C8H17F2N3O. The first-order valence-corrected chi connectivity index (χ1v) is 4.51. The van der Waals surface area contributed by atoms with Crippen LogP contribution in [0.25, 0.3) is 0 Å². The molecule has 0 aliphatic carbocycles. The molecule has 0 aromatic heterocycles. The van der Waals surface area contributed by atoms with Crippen molar-refractivity contribution < 1.29 is 13.6 Å². The second kappa shape index (κ2) is 7.64. The number of halogens is 2. The Labute approximate surface area is 82.4 Å². The quantitative estimate of drug-likeness (QED) is 0.602. The van der Waals surface area contributed by atoms with Crippen molar-refractivity contribution >= 4 is 5.91 Å². The van der Waals surface area contributed by atoms with Crippen LogP contribution in [0.3, 0.4) is 0 Å². The number of carbonyl (C=O) groups is 1. The van der Waals surface area contributed by atoms with Gasteiger partial charge in [0.05, 0.1) is 6.54 Å². The maximum atomic E-state index is 12.0. The molecule has 0 bridgehead atoms. The summed E-state index contributed by atoms with van der Waals surface area (Å²) >= 11 is 0. The minimum Gasteiger partial charge on any atom is -0.359 e. The lowest BCUT2D eigenvalue weighted by Crippen LogP contribution is -2.36. The van der Waals surface area contributed by atoms with E-state index in [0.29, 0.717) is 19.6 Å². The van der Waals surface area contributed by atoms with Gasteiger partial charge in [-0.1, -0.05) is 0 Å². The Morgan fingerprint density at radius 2 is 2.14 bits per heavy atom. The number of hydrogen-bond donors (Lipinski definition) is 2. The van der Waals surface area contributed by atoms with Gasteiger partial charge in [0.25, 0.3) is 6.43 Å². The van der Waals surface area contributed by atoms with Crippen LogP contribution in [0.15, 0.2) is 0 Å². The van der Waals surface area contributed by atoms with E-state index in [-0.39, 0.29) is 18.9 Å². The minimum atomic E-state index is -2.38. The van der Waals surface area contributed by atoms with E-state index in [4.69, 9.17) is 5.73 Å². The van der Waals surface area contributed by atoms with Crippen molar-refractivity contribution in [2.24, 2.45) is 5.73 Å². The van der Waals surface area contributed by atoms with E-state index in [2.05, 4.69) is 5.32 Å². The van der Waals surface area contributed by atoms with E-state index in [9.17, 15) is 13.6 Å². The number of nitrogens with one attached hydrogen (secondary N) is 1. The Morgan fingerprint density at radius 1 is 1.50 bits per heavy atom. The highest BCUT2D eigenvalue weighted by Gasteiger charge is 2.12. The molecule has 0 aliphatic heterocycles. The van der Waals surface area contributed by atoms with Crippen LogP contribution in [0.2, 0.25) is 0 Å². The normalized spacial score (nSPS) is 11.0. The van der Waals surface area contributed by atoms with Crippen LogP contribution in [0.5, 0.6) is 0 Å². The molecule has 3 N–H and O–H groups in total. The molecule has 0 saturated carbocycles. The van der Waals surface area contributed by atoms with E-state index >= 15 is 0 Å². The number of alkyl halides is 2. The van der Waals surface area contributed by atoms with Crippen LogP contribution < -0.4 is 11.1 Å². The first-order valence-electron chi connectivity index (χ1n) is 4.51. The number of nitrogens with two attached hydrogens (primary N) is 1. The average molecular weight is 209 g/mol. The molecular weight excluding hydrogens is 192 g/mol. The highest BCUT2D eigenvalue weighted by Crippen LogP contribution is 1.98. The Morgan fingerprint density at radius 3 is 2.57 bits per heavy atom. The van der Waals surface area contributed by atoms with Gasteiger partial charge in [-0.2, -0.15) is 0 Å². The lowest BCUT2D eigenvalue weighted by molar-refractivity contribution is -0.121. The fraction of sp³-hybridized carbons (Fsp3) is 0.875. The smallest absolute Gasteiger partial charge is 0.251 e. The fourth-order valence-electron chi connectivity index (χ4n) is 1.06. The number of rotatable bonds is 7. The summed E-state index contributed by atoms with van der Waals surface area (Å²) in [5, 5.41) is 2.43. The van der Waals surface area contributed by atoms with Gasteiger partial charge in [-0.25, -0.2) is 8.78 Å². The molecule has 0 unspecified atom stereocenters. The predicted molar refractivity (Wildman–Crippen MR) is 50.2 cm³/mol. The Hall–Kier alpha value is -0.750. The first-order chi connectivity index (χ1) is 6.60. The van der Waals surface area contributed by atoms with Crippen LogP contribution in [-0.2, 0) is 4.79 Å². The fourth-order valence-corrected chi connectivity index (χ4v) is 1.06. The summed E-state index contributed by atoms with van der Waals surface area (Å²) in [5.74, 6) is -0.152. The topological polar surface area (TPSA) is 58.4 Å². The molecule has 6 heteroatoms. The zero-order valence-electron chi connectivity index (χ0n) is 8.30. The van der Waals surface area contributed by atoms with Crippen molar-refractivity contribution in [3.05, 3.63) is 0 Å². The van der Waals surface area contributed by atoms with Crippen LogP contribution >= 0.6 is 0 Å². The minimum absolute atomic E-state index is 0.152. The highest BCUT2D eigenvalue weighted by molar-refractivity contribution is 5.75. The maximum Gasteiger partial charge on any atom is 0.251 e. The summed E-state index contributed by atoms with van der Waals surface area (Å²) in [6.07, 6.45) is -2.16. The number of nitrogens with zero attached hydrogens (tertiary/aromatic N) is 1. The Bertz CT molecular complexity index is 167. The van der Waals surface area contributed by atoms with Crippen LogP contribution in [0, 0.1) is 0 Å². The summed E-state index contributed by atoms with van der Waals surface area (Å²) in [5.41, 5.74) is 5.26. The van der Waals surface area contributed by atoms with Crippen molar-refractivity contribution in [2.75, 3.05) is 33.2 Å². The largest absolute Gasteiger partial charge is 0.359 e. The second-order valence-electron chi connectivity index (χ2n) is 2.90. The third-order valence-corrected chi connectivity index (χ3v) is 1.78. The third kappa shape index (κ3) is 6.73. The van der Waals surface area contributed by atoms with Gasteiger partial charge in [-0.3, -0.25) is 9.69 Å². The van der Waals surface area contributed by atoms with Crippen molar-refractivity contribution in [3.8, 4) is 0 Å². The van der Waals surface area contributed by atoms with Crippen molar-refractivity contribution in [2.45, 2.75) is 12.8 Å². The van der Waals surface area contributed by atoms with E-state index in [1.54, 1.807) is 0 Å². The molecule has 14 heavy (non-hydrogen) atoms. The molecule has 0 radical (unpaired) electrons. The lowest BCUT2D eigenvalue weighted by atomic mass is 10.3. The summed E-state index contributed by atoms with van der Waals surface area (Å²) in [4.78, 5) is 12.3. The van der Waals surface area contributed by atoms with Crippen molar-refractivity contribution in [1.29, 1.82) is 0 Å². The number of carbonyl (C=O) groups excluding carboxylic acids is 1. The van der Waals surface area contributed by atoms with Gasteiger partial charge in [-0.15, -0.1) is 0 Å². The molecule has 0 atom stereocenters. The third-order valence-electron chi connectivity index (χ3n) is 1.78. The summed E-state index contributed by atoms with van der Waals surface area (Å²) in [6, 6.07) is 0. The van der Waals surface area contributed by atoms with E-state index in [1.165, 1.54) is 11.9 Å². The molecule has 0 fully saturated rings. The standard InChI is InChI=1S/C8H17F2N3O/c1-12-8(14)2-4-13(5-3-11)6-7(9)10/h7H,2-6,11H2,1H3,(H,12,14). The highest BCUT2D eigenvalue weighted by atomic mass is 19.3. The van der Waals surface area contributed by atoms with Crippen LogP contribution in [-0.4, -0.2) is 50.5 Å². The first kappa shape index (κ1) is 13.2. The zero-order valence-corrected chi connectivity index (χ0v) is 8.30. The molecule has 0 rings (SSSR count). The molecule has 0 saturated heterocycles. The summed E-state index contributed by atoms with van der Waals surface area (Å²) in [6.45, 7) is 0.706. The molecule has 0 heterocycles. The van der Waals surface area contributed by atoms with Gasteiger partial charge in [0.2, 0.25) is 5.91 Å².